The monoisotopic (exact) mass is 430 g/mol. The van der Waals surface area contributed by atoms with E-state index in [1.165, 1.54) is 38.5 Å². The van der Waals surface area contributed by atoms with E-state index >= 15 is 0 Å². The lowest BCUT2D eigenvalue weighted by molar-refractivity contribution is 0.0472. The highest BCUT2D eigenvalue weighted by molar-refractivity contribution is 6.30. The summed E-state index contributed by atoms with van der Waals surface area (Å²) in [5.41, 5.74) is 0.741. The summed E-state index contributed by atoms with van der Waals surface area (Å²) in [5.74, 6) is -1.42. The maximum absolute atomic E-state index is 13.0. The first-order valence-corrected chi connectivity index (χ1v) is 9.70. The lowest BCUT2D eigenvalue weighted by Crippen LogP contribution is -2.25. The third-order valence-electron chi connectivity index (χ3n) is 5.21. The van der Waals surface area contributed by atoms with Crippen molar-refractivity contribution in [1.82, 2.24) is 0 Å². The summed E-state index contributed by atoms with van der Waals surface area (Å²) in [6.07, 6.45) is 0. The van der Waals surface area contributed by atoms with E-state index < -0.39 is 24.1 Å². The molecule has 7 heteroatoms. The molecule has 160 valence electrons. The highest BCUT2D eigenvalue weighted by atomic mass is 16.5. The van der Waals surface area contributed by atoms with Gasteiger partial charge in [-0.25, -0.2) is 4.79 Å². The lowest BCUT2D eigenvalue weighted by Gasteiger charge is -2.19. The van der Waals surface area contributed by atoms with Gasteiger partial charge in [0.2, 0.25) is 5.78 Å². The van der Waals surface area contributed by atoms with Crippen LogP contribution in [0, 0.1) is 0 Å². The normalized spacial score (nSPS) is 11.9. The Hall–Kier alpha value is -4.26. The van der Waals surface area contributed by atoms with E-state index in [-0.39, 0.29) is 39.2 Å². The number of fused-ring (bicyclic) bond motifs is 2. The Morgan fingerprint density at radius 2 is 1.44 bits per heavy atom. The molecule has 0 unspecified atom stereocenters. The molecule has 0 amide bonds. The average Bonchev–Trinajstić information content (AvgIpc) is 2.84. The molecule has 7 nitrogen and oxygen atoms in total. The highest BCUT2D eigenvalue weighted by Gasteiger charge is 2.33. The quantitative estimate of drug-likeness (QED) is 0.341. The van der Waals surface area contributed by atoms with E-state index in [4.69, 9.17) is 14.2 Å². The van der Waals surface area contributed by atoms with Crippen molar-refractivity contribution in [1.29, 1.82) is 0 Å². The Morgan fingerprint density at radius 1 is 0.750 bits per heavy atom. The number of carbonyl (C=O) groups is 4. The number of benzene rings is 3. The van der Waals surface area contributed by atoms with Crippen molar-refractivity contribution in [3.63, 3.8) is 0 Å². The maximum atomic E-state index is 13.0. The Bertz CT molecular complexity index is 1270. The van der Waals surface area contributed by atoms with Gasteiger partial charge in [0.15, 0.2) is 18.2 Å². The zero-order chi connectivity index (χ0) is 22.8. The van der Waals surface area contributed by atoms with Crippen molar-refractivity contribution in [3.8, 4) is 11.5 Å². The van der Waals surface area contributed by atoms with Gasteiger partial charge in [0, 0.05) is 22.3 Å². The number of ether oxygens (including phenoxy) is 3. The topological polar surface area (TPSA) is 96.0 Å². The average molecular weight is 430 g/mol. The van der Waals surface area contributed by atoms with Crippen LogP contribution in [-0.4, -0.2) is 44.1 Å². The van der Waals surface area contributed by atoms with Crippen molar-refractivity contribution in [2.24, 2.45) is 0 Å². The second kappa shape index (κ2) is 8.47. The zero-order valence-electron chi connectivity index (χ0n) is 17.3. The number of hydrogen-bond donors (Lipinski definition) is 0. The van der Waals surface area contributed by atoms with Crippen LogP contribution in [0.3, 0.4) is 0 Å². The summed E-state index contributed by atoms with van der Waals surface area (Å²) in [6, 6.07) is 15.5. The second-order valence-electron chi connectivity index (χ2n) is 7.00. The van der Waals surface area contributed by atoms with Gasteiger partial charge < -0.3 is 14.2 Å². The van der Waals surface area contributed by atoms with E-state index in [1.807, 2.05) is 0 Å². The number of rotatable bonds is 6. The molecule has 1 aliphatic rings. The van der Waals surface area contributed by atoms with Crippen LogP contribution in [0.1, 0.15) is 52.6 Å². The first-order chi connectivity index (χ1) is 15.5. The fourth-order valence-corrected chi connectivity index (χ4v) is 3.63. The van der Waals surface area contributed by atoms with Crippen LogP contribution in [0.25, 0.3) is 0 Å². The van der Waals surface area contributed by atoms with Crippen LogP contribution in [0.2, 0.25) is 0 Å². The minimum atomic E-state index is -0.877. The Balaban J connectivity index is 1.61. The molecule has 0 aromatic heterocycles. The van der Waals surface area contributed by atoms with Gasteiger partial charge in [-0.1, -0.05) is 36.4 Å². The van der Waals surface area contributed by atoms with Crippen molar-refractivity contribution in [2.75, 3.05) is 20.8 Å². The maximum Gasteiger partial charge on any atom is 0.339 e. The molecule has 3 aromatic carbocycles. The van der Waals surface area contributed by atoms with Crippen LogP contribution >= 0.6 is 0 Å². The van der Waals surface area contributed by atoms with Crippen LogP contribution in [-0.2, 0) is 4.74 Å². The molecular weight excluding hydrogens is 412 g/mol. The van der Waals surface area contributed by atoms with Gasteiger partial charge in [-0.15, -0.1) is 0 Å². The van der Waals surface area contributed by atoms with Gasteiger partial charge >= 0.3 is 5.97 Å². The lowest BCUT2D eigenvalue weighted by atomic mass is 9.82. The van der Waals surface area contributed by atoms with Crippen LogP contribution < -0.4 is 9.47 Å². The molecule has 0 radical (unpaired) electrons. The molecular formula is C25H18O7. The number of ketones is 3. The minimum absolute atomic E-state index is 0.0207. The third-order valence-corrected chi connectivity index (χ3v) is 5.21. The second-order valence-corrected chi connectivity index (χ2v) is 7.00. The molecule has 0 aliphatic heterocycles. The zero-order valence-corrected chi connectivity index (χ0v) is 17.3. The van der Waals surface area contributed by atoms with Gasteiger partial charge in [0.1, 0.15) is 11.5 Å². The molecule has 0 N–H and O–H groups in total. The van der Waals surface area contributed by atoms with Crippen LogP contribution in [0.5, 0.6) is 11.5 Å². The predicted octanol–water partition coefficient (Wildman–Crippen LogP) is 3.52. The standard InChI is InChI=1S/C25H18O7/c1-30-14-10-11-21(31-2)19(12-14)20(26)13-32-25(29)18-9-5-8-17-22(18)24(28)16-7-4-3-6-15(16)23(17)27/h3-12H,13H2,1-2H3. The molecule has 0 saturated heterocycles. The van der Waals surface area contributed by atoms with Gasteiger partial charge in [-0.3, -0.25) is 14.4 Å². The SMILES string of the molecule is COc1ccc(OC)c(C(=O)COC(=O)c2cccc3c2C(=O)c2ccccc2C3=O)c1. The number of hydrogen-bond acceptors (Lipinski definition) is 7. The van der Waals surface area contributed by atoms with Gasteiger partial charge in [-0.2, -0.15) is 0 Å². The van der Waals surface area contributed by atoms with Crippen LogP contribution in [0.15, 0.2) is 60.7 Å². The summed E-state index contributed by atoms with van der Waals surface area (Å²) in [5, 5.41) is 0. The fourth-order valence-electron chi connectivity index (χ4n) is 3.63. The van der Waals surface area contributed by atoms with E-state index in [9.17, 15) is 19.2 Å². The Morgan fingerprint density at radius 3 is 2.12 bits per heavy atom. The predicted molar refractivity (Wildman–Crippen MR) is 114 cm³/mol. The van der Waals surface area contributed by atoms with Gasteiger partial charge in [-0.05, 0) is 24.3 Å². The molecule has 0 bridgehead atoms. The summed E-state index contributed by atoms with van der Waals surface area (Å²) >= 11 is 0. The fraction of sp³-hybridized carbons (Fsp3) is 0.120. The van der Waals surface area contributed by atoms with E-state index in [2.05, 4.69) is 0 Å². The largest absolute Gasteiger partial charge is 0.497 e. The van der Waals surface area contributed by atoms with Crippen molar-refractivity contribution >= 4 is 23.3 Å². The first-order valence-electron chi connectivity index (χ1n) is 9.70. The summed E-state index contributed by atoms with van der Waals surface area (Å²) < 4.78 is 15.5. The smallest absolute Gasteiger partial charge is 0.339 e. The number of methoxy groups -OCH3 is 2. The van der Waals surface area contributed by atoms with Crippen molar-refractivity contribution in [2.45, 2.75) is 0 Å². The first kappa shape index (κ1) is 21.0. The molecule has 1 aliphatic carbocycles. The van der Waals surface area contributed by atoms with Crippen LogP contribution in [0.4, 0.5) is 0 Å². The summed E-state index contributed by atoms with van der Waals surface area (Å²) in [6.45, 7) is -0.579. The third kappa shape index (κ3) is 3.54. The number of esters is 1. The van der Waals surface area contributed by atoms with E-state index in [0.717, 1.165) is 0 Å². The molecule has 0 saturated carbocycles. The molecule has 4 rings (SSSR count). The van der Waals surface area contributed by atoms with Crippen molar-refractivity contribution < 1.29 is 33.4 Å². The summed E-state index contributed by atoms with van der Waals surface area (Å²) in [7, 11) is 2.88. The molecule has 0 spiro atoms. The summed E-state index contributed by atoms with van der Waals surface area (Å²) in [4.78, 5) is 51.3. The van der Waals surface area contributed by atoms with Crippen molar-refractivity contribution in [3.05, 3.63) is 94.0 Å². The molecule has 32 heavy (non-hydrogen) atoms. The molecule has 3 aromatic rings. The number of Topliss-reactive ketones (excluding diaryl/α,β-unsaturated/α-hetero) is 1. The van der Waals surface area contributed by atoms with E-state index in [0.29, 0.717) is 11.5 Å². The van der Waals surface area contributed by atoms with Gasteiger partial charge in [0.25, 0.3) is 0 Å². The molecule has 0 heterocycles. The highest BCUT2D eigenvalue weighted by Crippen LogP contribution is 2.30. The molecule has 0 fully saturated rings. The Labute approximate surface area is 183 Å². The van der Waals surface area contributed by atoms with Gasteiger partial charge in [0.05, 0.1) is 25.3 Å². The van der Waals surface area contributed by atoms with E-state index in [1.54, 1.807) is 36.4 Å². The Kier molecular flexibility index (Phi) is 5.55. The molecule has 0 atom stereocenters. The number of carbonyl (C=O) groups excluding carboxylic acids is 4. The minimum Gasteiger partial charge on any atom is -0.497 e.